The van der Waals surface area contributed by atoms with Crippen LogP contribution in [0.1, 0.15) is 51.3 Å². The van der Waals surface area contributed by atoms with Crippen molar-refractivity contribution in [3.05, 3.63) is 35.5 Å². The van der Waals surface area contributed by atoms with Gasteiger partial charge in [-0.1, -0.05) is 45.9 Å². The highest BCUT2D eigenvalue weighted by atomic mass is 14.8. The summed E-state index contributed by atoms with van der Waals surface area (Å²) in [6.45, 7) is 11.5. The number of benzene rings is 1. The van der Waals surface area contributed by atoms with Gasteiger partial charge in [0.15, 0.2) is 0 Å². The maximum atomic E-state index is 5.88. The minimum Gasteiger partial charge on any atom is -0.384 e. The fraction of sp³-hybridized carbons (Fsp3) is 0.500. The van der Waals surface area contributed by atoms with E-state index in [0.717, 1.165) is 5.69 Å². The van der Waals surface area contributed by atoms with Crippen molar-refractivity contribution in [1.29, 1.82) is 0 Å². The van der Waals surface area contributed by atoms with Crippen LogP contribution in [0.15, 0.2) is 24.3 Å². The average Bonchev–Trinajstić information content (AvgIpc) is 2.35. The second kappa shape index (κ2) is 3.97. The molecule has 1 aliphatic carbocycles. The van der Waals surface area contributed by atoms with Crippen molar-refractivity contribution < 1.29 is 0 Å². The zero-order valence-electron chi connectivity index (χ0n) is 13.1. The maximum absolute atomic E-state index is 5.88. The Morgan fingerprint density at radius 2 is 1.85 bits per heavy atom. The molecule has 2 heteroatoms. The molecule has 0 saturated heterocycles. The summed E-state index contributed by atoms with van der Waals surface area (Å²) in [6.07, 6.45) is 1.26. The van der Waals surface area contributed by atoms with Crippen LogP contribution in [0.25, 0.3) is 10.8 Å². The smallest absolute Gasteiger partial charge is 0.124 e. The minimum absolute atomic E-state index is 0.342. The fourth-order valence-electron chi connectivity index (χ4n) is 3.60. The van der Waals surface area contributed by atoms with Crippen molar-refractivity contribution >= 4 is 16.6 Å². The summed E-state index contributed by atoms with van der Waals surface area (Å²) in [5, 5.41) is 2.42. The third-order valence-electron chi connectivity index (χ3n) is 5.80. The quantitative estimate of drug-likeness (QED) is 0.816. The van der Waals surface area contributed by atoms with Gasteiger partial charge in [0.2, 0.25) is 0 Å². The minimum atomic E-state index is 0.342. The van der Waals surface area contributed by atoms with E-state index < -0.39 is 0 Å². The lowest BCUT2D eigenvalue weighted by Crippen LogP contribution is -2.49. The molecule has 1 saturated carbocycles. The Balaban J connectivity index is 2.07. The third kappa shape index (κ3) is 1.74. The molecule has 0 aliphatic heterocycles. The molecule has 1 heterocycles. The summed E-state index contributed by atoms with van der Waals surface area (Å²) in [5.74, 6) is 1.25. The molecule has 1 fully saturated rings. The van der Waals surface area contributed by atoms with Crippen molar-refractivity contribution in [3.8, 4) is 0 Å². The molecule has 1 aromatic carbocycles. The molecule has 20 heavy (non-hydrogen) atoms. The van der Waals surface area contributed by atoms with E-state index in [2.05, 4.69) is 50.9 Å². The van der Waals surface area contributed by atoms with E-state index in [-0.39, 0.29) is 0 Å². The van der Waals surface area contributed by atoms with E-state index >= 15 is 0 Å². The van der Waals surface area contributed by atoms with Crippen LogP contribution in [-0.2, 0) is 0 Å². The van der Waals surface area contributed by atoms with E-state index in [1.54, 1.807) is 0 Å². The molecule has 1 aromatic heterocycles. The van der Waals surface area contributed by atoms with Crippen molar-refractivity contribution in [3.63, 3.8) is 0 Å². The van der Waals surface area contributed by atoms with Gasteiger partial charge in [-0.2, -0.15) is 0 Å². The molecule has 2 aromatic rings. The summed E-state index contributed by atoms with van der Waals surface area (Å²) in [6, 6.07) is 8.77. The molecule has 106 valence electrons. The van der Waals surface area contributed by atoms with Gasteiger partial charge in [-0.25, -0.2) is 4.98 Å². The van der Waals surface area contributed by atoms with Crippen LogP contribution in [0.4, 0.5) is 5.82 Å². The molecular formula is C18H24N2. The number of hydrogen-bond donors (Lipinski definition) is 1. The van der Waals surface area contributed by atoms with E-state index in [4.69, 9.17) is 5.73 Å². The van der Waals surface area contributed by atoms with Crippen molar-refractivity contribution in [2.45, 2.75) is 47.0 Å². The molecule has 2 nitrogen and oxygen atoms in total. The molecule has 1 aliphatic rings. The molecule has 0 bridgehead atoms. The molecule has 2 N–H and O–H groups in total. The highest BCUT2D eigenvalue weighted by Crippen LogP contribution is 2.64. The molecule has 0 spiro atoms. The van der Waals surface area contributed by atoms with Gasteiger partial charge in [0, 0.05) is 11.1 Å². The van der Waals surface area contributed by atoms with Crippen LogP contribution in [0.5, 0.6) is 0 Å². The second-order valence-corrected chi connectivity index (χ2v) is 7.48. The summed E-state index contributed by atoms with van der Waals surface area (Å²) < 4.78 is 0. The maximum Gasteiger partial charge on any atom is 0.124 e. The molecule has 1 atom stereocenters. The lowest BCUT2D eigenvalue weighted by Gasteiger charge is -2.59. The Morgan fingerprint density at radius 3 is 2.45 bits per heavy atom. The van der Waals surface area contributed by atoms with E-state index in [9.17, 15) is 0 Å². The first kappa shape index (κ1) is 13.4. The average molecular weight is 268 g/mol. The molecule has 1 unspecified atom stereocenters. The molecule has 0 amide bonds. The Bertz CT molecular complexity index is 683. The van der Waals surface area contributed by atoms with Crippen molar-refractivity contribution in [2.24, 2.45) is 10.8 Å². The largest absolute Gasteiger partial charge is 0.384 e. The lowest BCUT2D eigenvalue weighted by atomic mass is 9.45. The van der Waals surface area contributed by atoms with Gasteiger partial charge >= 0.3 is 0 Å². The normalized spacial score (nSPS) is 23.6. The Morgan fingerprint density at radius 1 is 1.15 bits per heavy atom. The third-order valence-corrected chi connectivity index (χ3v) is 5.80. The number of pyridine rings is 1. The van der Waals surface area contributed by atoms with Crippen LogP contribution < -0.4 is 5.73 Å². The first-order chi connectivity index (χ1) is 9.22. The molecule has 0 radical (unpaired) electrons. The Hall–Kier alpha value is -1.57. The summed E-state index contributed by atoms with van der Waals surface area (Å²) in [5.41, 5.74) is 9.09. The number of aromatic nitrogens is 1. The SMILES string of the molecule is Cc1nc(N)cc2cc(C3CC(C)(C)C3(C)C)ccc12. The highest BCUT2D eigenvalue weighted by molar-refractivity contribution is 5.87. The number of nitrogen functional groups attached to an aromatic ring is 1. The van der Waals surface area contributed by atoms with Crippen molar-refractivity contribution in [2.75, 3.05) is 5.73 Å². The van der Waals surface area contributed by atoms with Crippen molar-refractivity contribution in [1.82, 2.24) is 4.98 Å². The van der Waals surface area contributed by atoms with E-state index in [0.29, 0.717) is 22.6 Å². The monoisotopic (exact) mass is 268 g/mol. The topological polar surface area (TPSA) is 38.9 Å². The predicted molar refractivity (Wildman–Crippen MR) is 85.8 cm³/mol. The predicted octanol–water partition coefficient (Wildman–Crippen LogP) is 4.67. The number of nitrogens with zero attached hydrogens (tertiary/aromatic N) is 1. The number of rotatable bonds is 1. The Labute approximate surface area is 121 Å². The highest BCUT2D eigenvalue weighted by Gasteiger charge is 2.54. The van der Waals surface area contributed by atoms with E-state index in [1.165, 1.54) is 22.8 Å². The van der Waals surface area contributed by atoms with Crippen LogP contribution in [0.2, 0.25) is 0 Å². The van der Waals surface area contributed by atoms with Gasteiger partial charge < -0.3 is 5.73 Å². The second-order valence-electron chi connectivity index (χ2n) is 7.48. The Kier molecular flexibility index (Phi) is 2.66. The van der Waals surface area contributed by atoms with Gasteiger partial charge in [-0.15, -0.1) is 0 Å². The number of hydrogen-bond acceptors (Lipinski definition) is 2. The van der Waals surface area contributed by atoms with Gasteiger partial charge in [0.25, 0.3) is 0 Å². The van der Waals surface area contributed by atoms with E-state index in [1.807, 2.05) is 13.0 Å². The van der Waals surface area contributed by atoms with Crippen LogP contribution in [0.3, 0.4) is 0 Å². The first-order valence-corrected chi connectivity index (χ1v) is 7.39. The molecule has 3 rings (SSSR count). The number of aryl methyl sites for hydroxylation is 1. The summed E-state index contributed by atoms with van der Waals surface area (Å²) >= 11 is 0. The molecular weight excluding hydrogens is 244 g/mol. The lowest BCUT2D eigenvalue weighted by molar-refractivity contribution is -0.0486. The number of anilines is 1. The van der Waals surface area contributed by atoms with Crippen LogP contribution in [0, 0.1) is 17.8 Å². The summed E-state index contributed by atoms with van der Waals surface area (Å²) in [7, 11) is 0. The number of fused-ring (bicyclic) bond motifs is 1. The zero-order chi connectivity index (χ0) is 14.7. The zero-order valence-corrected chi connectivity index (χ0v) is 13.1. The van der Waals surface area contributed by atoms with Crippen LogP contribution >= 0.6 is 0 Å². The van der Waals surface area contributed by atoms with Gasteiger partial charge in [0.1, 0.15) is 5.82 Å². The standard InChI is InChI=1S/C18H24N2/c1-11-14-7-6-12(8-13(14)9-16(19)20-11)15-10-17(2,3)18(15,4)5/h6-9,15H,10H2,1-5H3,(H2,19,20). The van der Waals surface area contributed by atoms with Gasteiger partial charge in [-0.05, 0) is 47.1 Å². The number of nitrogens with two attached hydrogens (primary N) is 1. The van der Waals surface area contributed by atoms with Gasteiger partial charge in [0.05, 0.1) is 0 Å². The fourth-order valence-corrected chi connectivity index (χ4v) is 3.60. The summed E-state index contributed by atoms with van der Waals surface area (Å²) in [4.78, 5) is 4.34. The van der Waals surface area contributed by atoms with Gasteiger partial charge in [-0.3, -0.25) is 0 Å². The van der Waals surface area contributed by atoms with Crippen LogP contribution in [-0.4, -0.2) is 4.98 Å². The first-order valence-electron chi connectivity index (χ1n) is 7.39.